The smallest absolute Gasteiger partial charge is 0.137 e. The van der Waals surface area contributed by atoms with Crippen LogP contribution in [-0.2, 0) is 11.2 Å². The van der Waals surface area contributed by atoms with Crippen LogP contribution < -0.4 is 0 Å². The van der Waals surface area contributed by atoms with E-state index in [1.54, 1.807) is 6.07 Å². The molecule has 1 aliphatic rings. The Kier molecular flexibility index (Phi) is 2.65. The molecule has 0 amide bonds. The van der Waals surface area contributed by atoms with Crippen LogP contribution in [0.1, 0.15) is 12.0 Å². The summed E-state index contributed by atoms with van der Waals surface area (Å²) >= 11 is 3.23. The van der Waals surface area contributed by atoms with Crippen molar-refractivity contribution in [3.63, 3.8) is 0 Å². The van der Waals surface area contributed by atoms with Gasteiger partial charge in [-0.15, -0.1) is 0 Å². The normalized spacial score (nSPS) is 20.3. The lowest BCUT2D eigenvalue weighted by Crippen LogP contribution is -1.93. The molecular weight excluding hydrogens is 235 g/mol. The van der Waals surface area contributed by atoms with Crippen molar-refractivity contribution in [2.75, 3.05) is 6.61 Å². The van der Waals surface area contributed by atoms with Gasteiger partial charge in [-0.05, 0) is 40.4 Å². The van der Waals surface area contributed by atoms with Gasteiger partial charge < -0.3 is 4.74 Å². The standard InChI is InChI=1S/C10H10BrFO/c11-10-7(2-1-3-9(10)12)4-5-8-6-13-8/h1-3,8H,4-6H2. The summed E-state index contributed by atoms with van der Waals surface area (Å²) in [7, 11) is 0. The molecule has 1 atom stereocenters. The van der Waals surface area contributed by atoms with Gasteiger partial charge in [-0.1, -0.05) is 12.1 Å². The van der Waals surface area contributed by atoms with Gasteiger partial charge in [0.25, 0.3) is 0 Å². The predicted octanol–water partition coefficient (Wildman–Crippen LogP) is 2.92. The number of benzene rings is 1. The van der Waals surface area contributed by atoms with Crippen LogP contribution in [0.5, 0.6) is 0 Å². The monoisotopic (exact) mass is 244 g/mol. The molecule has 0 radical (unpaired) electrons. The zero-order valence-electron chi connectivity index (χ0n) is 7.09. The number of ether oxygens (including phenoxy) is 1. The third-order valence-corrected chi connectivity index (χ3v) is 3.06. The van der Waals surface area contributed by atoms with Crippen molar-refractivity contribution in [1.29, 1.82) is 0 Å². The fraction of sp³-hybridized carbons (Fsp3) is 0.400. The van der Waals surface area contributed by atoms with Gasteiger partial charge in [-0.3, -0.25) is 0 Å². The predicted molar refractivity (Wildman–Crippen MR) is 52.2 cm³/mol. The molecule has 1 aromatic carbocycles. The number of hydrogen-bond donors (Lipinski definition) is 0. The number of aryl methyl sites for hydroxylation is 1. The van der Waals surface area contributed by atoms with Crippen molar-refractivity contribution in [2.24, 2.45) is 0 Å². The van der Waals surface area contributed by atoms with Crippen molar-refractivity contribution in [2.45, 2.75) is 18.9 Å². The van der Waals surface area contributed by atoms with Crippen molar-refractivity contribution in [1.82, 2.24) is 0 Å². The van der Waals surface area contributed by atoms with Crippen LogP contribution in [0.4, 0.5) is 4.39 Å². The van der Waals surface area contributed by atoms with E-state index in [1.807, 2.05) is 6.07 Å². The molecule has 1 heterocycles. The summed E-state index contributed by atoms with van der Waals surface area (Å²) in [5, 5.41) is 0. The van der Waals surface area contributed by atoms with E-state index >= 15 is 0 Å². The topological polar surface area (TPSA) is 12.5 Å². The Labute approximate surface area is 85.0 Å². The molecule has 1 aromatic rings. The summed E-state index contributed by atoms with van der Waals surface area (Å²) in [6, 6.07) is 5.14. The van der Waals surface area contributed by atoms with Gasteiger partial charge in [0, 0.05) is 0 Å². The Morgan fingerprint density at radius 2 is 2.31 bits per heavy atom. The fourth-order valence-electron chi connectivity index (χ4n) is 1.29. The molecule has 1 nitrogen and oxygen atoms in total. The van der Waals surface area contributed by atoms with E-state index in [1.165, 1.54) is 6.07 Å². The van der Waals surface area contributed by atoms with E-state index in [0.29, 0.717) is 10.6 Å². The lowest BCUT2D eigenvalue weighted by atomic mass is 10.1. The minimum Gasteiger partial charge on any atom is -0.373 e. The number of hydrogen-bond acceptors (Lipinski definition) is 1. The second kappa shape index (κ2) is 3.76. The van der Waals surface area contributed by atoms with Crippen LogP contribution in [0.3, 0.4) is 0 Å². The Morgan fingerprint density at radius 3 is 3.00 bits per heavy atom. The number of halogens is 2. The van der Waals surface area contributed by atoms with Gasteiger partial charge >= 0.3 is 0 Å². The van der Waals surface area contributed by atoms with Gasteiger partial charge in [0.05, 0.1) is 17.2 Å². The van der Waals surface area contributed by atoms with Gasteiger partial charge in [-0.2, -0.15) is 0 Å². The van der Waals surface area contributed by atoms with Crippen LogP contribution in [0.15, 0.2) is 22.7 Å². The van der Waals surface area contributed by atoms with Gasteiger partial charge in [0.2, 0.25) is 0 Å². The summed E-state index contributed by atoms with van der Waals surface area (Å²) in [5.74, 6) is -0.186. The lowest BCUT2D eigenvalue weighted by molar-refractivity contribution is 0.396. The highest BCUT2D eigenvalue weighted by atomic mass is 79.9. The lowest BCUT2D eigenvalue weighted by Gasteiger charge is -2.03. The molecule has 1 saturated heterocycles. The zero-order chi connectivity index (χ0) is 9.26. The largest absolute Gasteiger partial charge is 0.373 e. The van der Waals surface area contributed by atoms with E-state index in [2.05, 4.69) is 15.9 Å². The number of epoxide rings is 1. The molecule has 0 aromatic heterocycles. The first-order chi connectivity index (χ1) is 6.27. The van der Waals surface area contributed by atoms with E-state index in [-0.39, 0.29) is 5.82 Å². The summed E-state index contributed by atoms with van der Waals surface area (Å²) in [4.78, 5) is 0. The first-order valence-electron chi connectivity index (χ1n) is 4.32. The third-order valence-electron chi connectivity index (χ3n) is 2.17. The van der Waals surface area contributed by atoms with Crippen LogP contribution in [0.25, 0.3) is 0 Å². The van der Waals surface area contributed by atoms with Crippen LogP contribution in [0.2, 0.25) is 0 Å². The first kappa shape index (κ1) is 9.16. The third kappa shape index (κ3) is 2.29. The molecule has 0 saturated carbocycles. The molecule has 1 fully saturated rings. The van der Waals surface area contributed by atoms with E-state index in [0.717, 1.165) is 25.0 Å². The SMILES string of the molecule is Fc1cccc(CCC2CO2)c1Br. The maximum atomic E-state index is 13.0. The molecule has 2 rings (SSSR count). The van der Waals surface area contributed by atoms with E-state index in [9.17, 15) is 4.39 Å². The van der Waals surface area contributed by atoms with Crippen LogP contribution >= 0.6 is 15.9 Å². The van der Waals surface area contributed by atoms with E-state index < -0.39 is 0 Å². The minimum absolute atomic E-state index is 0.186. The maximum Gasteiger partial charge on any atom is 0.137 e. The highest BCUT2D eigenvalue weighted by Gasteiger charge is 2.22. The quantitative estimate of drug-likeness (QED) is 0.746. The molecule has 0 bridgehead atoms. The molecule has 1 unspecified atom stereocenters. The van der Waals surface area contributed by atoms with E-state index in [4.69, 9.17) is 4.74 Å². The summed E-state index contributed by atoms with van der Waals surface area (Å²) in [6.07, 6.45) is 2.28. The second-order valence-corrected chi connectivity index (χ2v) is 4.00. The Bertz CT molecular complexity index is 310. The van der Waals surface area contributed by atoms with Gasteiger partial charge in [-0.25, -0.2) is 4.39 Å². The Balaban J connectivity index is 2.05. The van der Waals surface area contributed by atoms with Crippen molar-refractivity contribution >= 4 is 15.9 Å². The Hall–Kier alpha value is -0.410. The van der Waals surface area contributed by atoms with Crippen molar-refractivity contribution in [3.8, 4) is 0 Å². The number of rotatable bonds is 3. The van der Waals surface area contributed by atoms with Gasteiger partial charge in [0.1, 0.15) is 5.82 Å². The highest BCUT2D eigenvalue weighted by Crippen LogP contribution is 2.24. The molecule has 0 aliphatic carbocycles. The van der Waals surface area contributed by atoms with Crippen molar-refractivity contribution < 1.29 is 9.13 Å². The average molecular weight is 245 g/mol. The Morgan fingerprint density at radius 1 is 1.54 bits per heavy atom. The average Bonchev–Trinajstić information content (AvgIpc) is 2.91. The molecule has 1 aliphatic heterocycles. The maximum absolute atomic E-state index is 13.0. The summed E-state index contributed by atoms with van der Waals surface area (Å²) < 4.78 is 18.7. The molecule has 0 N–H and O–H groups in total. The molecular formula is C10H10BrFO. The summed E-state index contributed by atoms with van der Waals surface area (Å²) in [6.45, 7) is 0.868. The van der Waals surface area contributed by atoms with Crippen molar-refractivity contribution in [3.05, 3.63) is 34.1 Å². The highest BCUT2D eigenvalue weighted by molar-refractivity contribution is 9.10. The summed E-state index contributed by atoms with van der Waals surface area (Å²) in [5.41, 5.74) is 1.02. The second-order valence-electron chi connectivity index (χ2n) is 3.21. The van der Waals surface area contributed by atoms with Gasteiger partial charge in [0.15, 0.2) is 0 Å². The first-order valence-corrected chi connectivity index (χ1v) is 5.11. The zero-order valence-corrected chi connectivity index (χ0v) is 8.68. The minimum atomic E-state index is -0.186. The van der Waals surface area contributed by atoms with Crippen LogP contribution in [0, 0.1) is 5.82 Å². The molecule has 0 spiro atoms. The van der Waals surface area contributed by atoms with Crippen LogP contribution in [-0.4, -0.2) is 12.7 Å². The fourth-order valence-corrected chi connectivity index (χ4v) is 1.76. The molecule has 13 heavy (non-hydrogen) atoms. The molecule has 3 heteroatoms. The molecule has 70 valence electrons.